The predicted molar refractivity (Wildman–Crippen MR) is 106 cm³/mol. The van der Waals surface area contributed by atoms with Crippen molar-refractivity contribution in [2.24, 2.45) is 0 Å². The molecule has 0 fully saturated rings. The van der Waals surface area contributed by atoms with Crippen molar-refractivity contribution in [3.05, 3.63) is 39.9 Å². The molecule has 0 aliphatic rings. The molecule has 0 saturated carbocycles. The van der Waals surface area contributed by atoms with Crippen LogP contribution in [0.3, 0.4) is 0 Å². The fourth-order valence-electron chi connectivity index (χ4n) is 2.87. The molecule has 3 aromatic rings. The Morgan fingerprint density at radius 3 is 2.41 bits per heavy atom. The van der Waals surface area contributed by atoms with E-state index in [0.717, 1.165) is 12.8 Å². The molecule has 0 spiro atoms. The first-order chi connectivity index (χ1) is 14.0. The van der Waals surface area contributed by atoms with Crippen molar-refractivity contribution in [2.75, 3.05) is 26.6 Å². The van der Waals surface area contributed by atoms with Gasteiger partial charge < -0.3 is 19.5 Å². The predicted octanol–water partition coefficient (Wildman–Crippen LogP) is 2.04. The van der Waals surface area contributed by atoms with Crippen molar-refractivity contribution in [3.63, 3.8) is 0 Å². The SMILES string of the molecule is CCCCc1nc2[nH]c(=O)cc(NC(=O)c3cc(OC)c(OC)c(OC)c3)n2n1. The summed E-state index contributed by atoms with van der Waals surface area (Å²) in [7, 11) is 4.41. The normalized spacial score (nSPS) is 10.8. The molecule has 10 nitrogen and oxygen atoms in total. The number of methoxy groups -OCH3 is 3. The molecule has 154 valence electrons. The number of carbonyl (C=O) groups is 1. The number of nitrogens with zero attached hydrogens (tertiary/aromatic N) is 3. The topological polar surface area (TPSA) is 120 Å². The average molecular weight is 401 g/mol. The number of nitrogens with one attached hydrogen (secondary N) is 2. The highest BCUT2D eigenvalue weighted by atomic mass is 16.5. The molecular weight excluding hydrogens is 378 g/mol. The van der Waals surface area contributed by atoms with Crippen LogP contribution in [0.15, 0.2) is 23.0 Å². The van der Waals surface area contributed by atoms with Gasteiger partial charge in [-0.2, -0.15) is 9.50 Å². The molecule has 0 aliphatic heterocycles. The molecule has 0 atom stereocenters. The zero-order chi connectivity index (χ0) is 21.0. The third-order valence-electron chi connectivity index (χ3n) is 4.30. The molecule has 3 rings (SSSR count). The molecule has 29 heavy (non-hydrogen) atoms. The number of aryl methyl sites for hydroxylation is 1. The van der Waals surface area contributed by atoms with Gasteiger partial charge in [-0.25, -0.2) is 0 Å². The van der Waals surface area contributed by atoms with Crippen LogP contribution >= 0.6 is 0 Å². The molecule has 10 heteroatoms. The minimum Gasteiger partial charge on any atom is -0.493 e. The minimum absolute atomic E-state index is 0.206. The number of unbranched alkanes of at least 4 members (excludes halogenated alkanes) is 1. The van der Waals surface area contributed by atoms with E-state index >= 15 is 0 Å². The number of carbonyl (C=O) groups excluding carboxylic acids is 1. The molecule has 1 amide bonds. The number of ether oxygens (including phenoxy) is 3. The van der Waals surface area contributed by atoms with Crippen molar-refractivity contribution in [3.8, 4) is 17.2 Å². The van der Waals surface area contributed by atoms with Gasteiger partial charge in [0.15, 0.2) is 17.3 Å². The minimum atomic E-state index is -0.471. The monoisotopic (exact) mass is 401 g/mol. The number of benzene rings is 1. The van der Waals surface area contributed by atoms with Gasteiger partial charge in [-0.3, -0.25) is 14.6 Å². The highest BCUT2D eigenvalue weighted by Gasteiger charge is 2.18. The smallest absolute Gasteiger partial charge is 0.257 e. The van der Waals surface area contributed by atoms with Crippen LogP contribution in [0.5, 0.6) is 17.2 Å². The molecule has 2 heterocycles. The van der Waals surface area contributed by atoms with E-state index in [0.29, 0.717) is 29.5 Å². The molecule has 0 aliphatic carbocycles. The summed E-state index contributed by atoms with van der Waals surface area (Å²) >= 11 is 0. The highest BCUT2D eigenvalue weighted by Crippen LogP contribution is 2.38. The average Bonchev–Trinajstić information content (AvgIpc) is 3.13. The van der Waals surface area contributed by atoms with Gasteiger partial charge in [0.05, 0.1) is 21.3 Å². The number of rotatable bonds is 8. The van der Waals surface area contributed by atoms with E-state index in [9.17, 15) is 9.59 Å². The zero-order valence-corrected chi connectivity index (χ0v) is 16.7. The largest absolute Gasteiger partial charge is 0.493 e. The first-order valence-corrected chi connectivity index (χ1v) is 9.11. The summed E-state index contributed by atoms with van der Waals surface area (Å²) in [6.45, 7) is 2.07. The molecule has 0 unspecified atom stereocenters. The van der Waals surface area contributed by atoms with Crippen LogP contribution in [0.2, 0.25) is 0 Å². The maximum atomic E-state index is 12.8. The standard InChI is InChI=1S/C19H23N5O5/c1-5-6-7-14-20-19-22-16(25)10-15(24(19)23-14)21-18(26)11-8-12(27-2)17(29-4)13(9-11)28-3/h8-10H,5-7H2,1-4H3,(H,21,26)(H,20,22,23,25). The summed E-state index contributed by atoms with van der Waals surface area (Å²) in [6, 6.07) is 4.30. The maximum absolute atomic E-state index is 12.8. The van der Waals surface area contributed by atoms with E-state index in [1.807, 2.05) is 0 Å². The van der Waals surface area contributed by atoms with Gasteiger partial charge >= 0.3 is 0 Å². The van der Waals surface area contributed by atoms with Gasteiger partial charge in [-0.05, 0) is 18.6 Å². The van der Waals surface area contributed by atoms with Gasteiger partial charge in [0.25, 0.3) is 11.5 Å². The number of hydrogen-bond acceptors (Lipinski definition) is 7. The number of fused-ring (bicyclic) bond motifs is 1. The molecule has 0 radical (unpaired) electrons. The maximum Gasteiger partial charge on any atom is 0.257 e. The molecule has 1 aromatic carbocycles. The highest BCUT2D eigenvalue weighted by molar-refractivity contribution is 6.04. The molecule has 2 aromatic heterocycles. The summed E-state index contributed by atoms with van der Waals surface area (Å²) in [5.74, 6) is 1.66. The van der Waals surface area contributed by atoms with E-state index in [1.165, 1.54) is 44.0 Å². The lowest BCUT2D eigenvalue weighted by atomic mass is 10.1. The van der Waals surface area contributed by atoms with Crippen molar-refractivity contribution >= 4 is 17.5 Å². The lowest BCUT2D eigenvalue weighted by Gasteiger charge is -2.14. The summed E-state index contributed by atoms with van der Waals surface area (Å²) in [4.78, 5) is 31.8. The molecular formula is C19H23N5O5. The second-order valence-corrected chi connectivity index (χ2v) is 6.25. The second-order valence-electron chi connectivity index (χ2n) is 6.25. The van der Waals surface area contributed by atoms with Gasteiger partial charge in [-0.1, -0.05) is 13.3 Å². The lowest BCUT2D eigenvalue weighted by molar-refractivity contribution is 0.102. The van der Waals surface area contributed by atoms with Crippen LogP contribution in [0.4, 0.5) is 5.82 Å². The molecule has 0 saturated heterocycles. The van der Waals surface area contributed by atoms with Gasteiger partial charge in [-0.15, -0.1) is 5.10 Å². The molecule has 2 N–H and O–H groups in total. The van der Waals surface area contributed by atoms with Gasteiger partial charge in [0.1, 0.15) is 5.82 Å². The number of amides is 1. The number of aromatic amines is 1. The Hall–Kier alpha value is -3.56. The Morgan fingerprint density at radius 1 is 1.14 bits per heavy atom. The van der Waals surface area contributed by atoms with E-state index in [-0.39, 0.29) is 17.2 Å². The Morgan fingerprint density at radius 2 is 1.83 bits per heavy atom. The quantitative estimate of drug-likeness (QED) is 0.593. The van der Waals surface area contributed by atoms with Crippen molar-refractivity contribution in [1.82, 2.24) is 19.6 Å². The Bertz CT molecular complexity index is 1060. The van der Waals surface area contributed by atoms with E-state index < -0.39 is 11.5 Å². The lowest BCUT2D eigenvalue weighted by Crippen LogP contribution is -2.19. The van der Waals surface area contributed by atoms with Crippen molar-refractivity contribution < 1.29 is 19.0 Å². The van der Waals surface area contributed by atoms with Gasteiger partial charge in [0.2, 0.25) is 11.5 Å². The first kappa shape index (κ1) is 20.2. The third kappa shape index (κ3) is 4.15. The number of anilines is 1. The Labute approximate surface area is 166 Å². The van der Waals surface area contributed by atoms with Crippen LogP contribution in [0.1, 0.15) is 35.9 Å². The summed E-state index contributed by atoms with van der Waals surface area (Å²) in [5.41, 5.74) is -0.133. The Balaban J connectivity index is 1.97. The van der Waals surface area contributed by atoms with E-state index in [4.69, 9.17) is 14.2 Å². The number of hydrogen-bond donors (Lipinski definition) is 2. The summed E-state index contributed by atoms with van der Waals surface area (Å²) in [5, 5.41) is 7.09. The van der Waals surface area contributed by atoms with Crippen LogP contribution < -0.4 is 25.1 Å². The molecule has 0 bridgehead atoms. The fraction of sp³-hybridized carbons (Fsp3) is 0.368. The van der Waals surface area contributed by atoms with Crippen LogP contribution in [0, 0.1) is 0 Å². The second kappa shape index (κ2) is 8.63. The van der Waals surface area contributed by atoms with Gasteiger partial charge in [0, 0.05) is 18.1 Å². The third-order valence-corrected chi connectivity index (χ3v) is 4.30. The summed E-state index contributed by atoms with van der Waals surface area (Å²) < 4.78 is 17.2. The van der Waals surface area contributed by atoms with Crippen molar-refractivity contribution in [2.45, 2.75) is 26.2 Å². The van der Waals surface area contributed by atoms with E-state index in [1.54, 1.807) is 0 Å². The first-order valence-electron chi connectivity index (χ1n) is 9.11. The van der Waals surface area contributed by atoms with Crippen LogP contribution in [-0.2, 0) is 6.42 Å². The van der Waals surface area contributed by atoms with Crippen molar-refractivity contribution in [1.29, 1.82) is 0 Å². The van der Waals surface area contributed by atoms with Crippen LogP contribution in [-0.4, -0.2) is 46.8 Å². The number of aromatic nitrogens is 4. The number of H-pyrrole nitrogens is 1. The summed E-state index contributed by atoms with van der Waals surface area (Å²) in [6.07, 6.45) is 2.60. The Kier molecular flexibility index (Phi) is 6.01. The van der Waals surface area contributed by atoms with Crippen LogP contribution in [0.25, 0.3) is 5.78 Å². The van der Waals surface area contributed by atoms with E-state index in [2.05, 4.69) is 27.3 Å². The fourth-order valence-corrected chi connectivity index (χ4v) is 2.87. The zero-order valence-electron chi connectivity index (χ0n) is 16.7.